The summed E-state index contributed by atoms with van der Waals surface area (Å²) in [5.74, 6) is 0.690. The molecule has 3 heterocycles. The van der Waals surface area contributed by atoms with Crippen LogP contribution in [0, 0.1) is 5.92 Å². The molecule has 2 aliphatic heterocycles. The van der Waals surface area contributed by atoms with Crippen molar-refractivity contribution in [3.8, 4) is 0 Å². The van der Waals surface area contributed by atoms with Crippen molar-refractivity contribution in [2.45, 2.75) is 25.9 Å². The standard InChI is InChI=1S/C16H20N2O/c1-2-4-15-13(3-1)14-9-17-7-5-16(14)18(15)10-12-6-8-19-11-12/h1-4,12,17H,5-11H2. The monoisotopic (exact) mass is 256 g/mol. The molecule has 1 atom stereocenters. The molecular weight excluding hydrogens is 236 g/mol. The number of hydrogen-bond acceptors (Lipinski definition) is 2. The van der Waals surface area contributed by atoms with Gasteiger partial charge in [0.1, 0.15) is 0 Å². The molecule has 0 bridgehead atoms. The van der Waals surface area contributed by atoms with Gasteiger partial charge >= 0.3 is 0 Å². The van der Waals surface area contributed by atoms with Gasteiger partial charge in [-0.15, -0.1) is 0 Å². The minimum atomic E-state index is 0.690. The SMILES string of the molecule is c1ccc2c(c1)c1c(n2CC2CCOC2)CCNC1. The highest BCUT2D eigenvalue weighted by Gasteiger charge is 2.23. The van der Waals surface area contributed by atoms with Crippen LogP contribution < -0.4 is 5.32 Å². The molecule has 3 nitrogen and oxygen atoms in total. The molecule has 2 aromatic rings. The molecule has 0 saturated carbocycles. The van der Waals surface area contributed by atoms with E-state index in [4.69, 9.17) is 4.74 Å². The third kappa shape index (κ3) is 1.88. The highest BCUT2D eigenvalue weighted by Crippen LogP contribution is 2.30. The van der Waals surface area contributed by atoms with Gasteiger partial charge in [-0.1, -0.05) is 18.2 Å². The number of nitrogens with zero attached hydrogens (tertiary/aromatic N) is 1. The topological polar surface area (TPSA) is 26.2 Å². The van der Waals surface area contributed by atoms with Crippen molar-refractivity contribution in [3.05, 3.63) is 35.5 Å². The molecule has 19 heavy (non-hydrogen) atoms. The van der Waals surface area contributed by atoms with E-state index in [0.29, 0.717) is 5.92 Å². The second kappa shape index (κ2) is 4.66. The summed E-state index contributed by atoms with van der Waals surface area (Å²) >= 11 is 0. The maximum Gasteiger partial charge on any atom is 0.0512 e. The number of nitrogens with one attached hydrogen (secondary N) is 1. The number of aromatic nitrogens is 1. The van der Waals surface area contributed by atoms with E-state index < -0.39 is 0 Å². The van der Waals surface area contributed by atoms with Gasteiger partial charge in [0, 0.05) is 55.2 Å². The fraction of sp³-hybridized carbons (Fsp3) is 0.500. The highest BCUT2D eigenvalue weighted by atomic mass is 16.5. The number of fused-ring (bicyclic) bond motifs is 3. The van der Waals surface area contributed by atoms with Crippen LogP contribution in [-0.4, -0.2) is 24.3 Å². The Morgan fingerprint density at radius 2 is 2.26 bits per heavy atom. The van der Waals surface area contributed by atoms with E-state index in [1.54, 1.807) is 5.69 Å². The molecule has 1 aromatic heterocycles. The minimum Gasteiger partial charge on any atom is -0.381 e. The number of rotatable bonds is 2. The lowest BCUT2D eigenvalue weighted by Crippen LogP contribution is -2.25. The van der Waals surface area contributed by atoms with Crippen LogP contribution in [0.5, 0.6) is 0 Å². The van der Waals surface area contributed by atoms with Crippen LogP contribution in [-0.2, 0) is 24.2 Å². The second-order valence-corrected chi connectivity index (χ2v) is 5.71. The summed E-state index contributed by atoms with van der Waals surface area (Å²) in [5.41, 5.74) is 4.47. The normalized spacial score (nSPS) is 22.8. The molecule has 1 N–H and O–H groups in total. The Labute approximate surface area is 113 Å². The number of benzene rings is 1. The number of hydrogen-bond donors (Lipinski definition) is 1. The van der Waals surface area contributed by atoms with E-state index in [-0.39, 0.29) is 0 Å². The van der Waals surface area contributed by atoms with Gasteiger partial charge in [0.05, 0.1) is 6.61 Å². The quantitative estimate of drug-likeness (QED) is 0.892. The zero-order valence-corrected chi connectivity index (χ0v) is 11.2. The summed E-state index contributed by atoms with van der Waals surface area (Å²) < 4.78 is 8.10. The first-order chi connectivity index (χ1) is 9.43. The van der Waals surface area contributed by atoms with E-state index >= 15 is 0 Å². The van der Waals surface area contributed by atoms with Gasteiger partial charge in [-0.05, 0) is 18.1 Å². The second-order valence-electron chi connectivity index (χ2n) is 5.71. The van der Waals surface area contributed by atoms with Gasteiger partial charge < -0.3 is 14.6 Å². The lowest BCUT2D eigenvalue weighted by atomic mass is 10.1. The molecule has 100 valence electrons. The maximum absolute atomic E-state index is 5.54. The lowest BCUT2D eigenvalue weighted by molar-refractivity contribution is 0.182. The predicted octanol–water partition coefficient (Wildman–Crippen LogP) is 2.32. The van der Waals surface area contributed by atoms with Gasteiger partial charge in [0.25, 0.3) is 0 Å². The van der Waals surface area contributed by atoms with Crippen molar-refractivity contribution in [3.63, 3.8) is 0 Å². The van der Waals surface area contributed by atoms with Gasteiger partial charge in [0.15, 0.2) is 0 Å². The van der Waals surface area contributed by atoms with Crippen LogP contribution in [0.4, 0.5) is 0 Å². The Hall–Kier alpha value is -1.32. The summed E-state index contributed by atoms with van der Waals surface area (Å²) in [5, 5.41) is 4.94. The fourth-order valence-corrected chi connectivity index (χ4v) is 3.53. The fourth-order valence-electron chi connectivity index (χ4n) is 3.53. The Kier molecular flexibility index (Phi) is 2.82. The Bertz CT molecular complexity index is 596. The van der Waals surface area contributed by atoms with Crippen LogP contribution in [0.1, 0.15) is 17.7 Å². The molecule has 1 saturated heterocycles. The average molecular weight is 256 g/mol. The van der Waals surface area contributed by atoms with Gasteiger partial charge in [0.2, 0.25) is 0 Å². The molecule has 1 unspecified atom stereocenters. The van der Waals surface area contributed by atoms with Crippen LogP contribution in [0.25, 0.3) is 10.9 Å². The van der Waals surface area contributed by atoms with Crippen LogP contribution >= 0.6 is 0 Å². The van der Waals surface area contributed by atoms with Crippen LogP contribution in [0.2, 0.25) is 0 Å². The molecule has 0 spiro atoms. The van der Waals surface area contributed by atoms with Crippen LogP contribution in [0.3, 0.4) is 0 Å². The van der Waals surface area contributed by atoms with Crippen molar-refractivity contribution in [2.75, 3.05) is 19.8 Å². The predicted molar refractivity (Wildman–Crippen MR) is 76.3 cm³/mol. The summed E-state index contributed by atoms with van der Waals surface area (Å²) in [7, 11) is 0. The molecule has 4 rings (SSSR count). The summed E-state index contributed by atoms with van der Waals surface area (Å²) in [6, 6.07) is 8.84. The zero-order chi connectivity index (χ0) is 12.7. The third-order valence-corrected chi connectivity index (χ3v) is 4.50. The average Bonchev–Trinajstić information content (AvgIpc) is 3.08. The molecule has 0 aliphatic carbocycles. The van der Waals surface area contributed by atoms with Crippen molar-refractivity contribution in [2.24, 2.45) is 5.92 Å². The van der Waals surface area contributed by atoms with Crippen molar-refractivity contribution < 1.29 is 4.74 Å². The molecule has 1 aromatic carbocycles. The number of ether oxygens (including phenoxy) is 1. The van der Waals surface area contributed by atoms with Gasteiger partial charge in [-0.3, -0.25) is 0 Å². The summed E-state index contributed by atoms with van der Waals surface area (Å²) in [4.78, 5) is 0. The third-order valence-electron chi connectivity index (χ3n) is 4.50. The van der Waals surface area contributed by atoms with E-state index in [1.807, 2.05) is 0 Å². The Balaban J connectivity index is 1.83. The maximum atomic E-state index is 5.54. The van der Waals surface area contributed by atoms with Crippen molar-refractivity contribution in [1.82, 2.24) is 9.88 Å². The molecule has 2 aliphatic rings. The first kappa shape index (κ1) is 11.5. The molecule has 0 amide bonds. The summed E-state index contributed by atoms with van der Waals surface area (Å²) in [6.07, 6.45) is 2.36. The van der Waals surface area contributed by atoms with E-state index in [0.717, 1.165) is 39.3 Å². The van der Waals surface area contributed by atoms with Crippen LogP contribution in [0.15, 0.2) is 24.3 Å². The lowest BCUT2D eigenvalue weighted by Gasteiger charge is -2.19. The first-order valence-electron chi connectivity index (χ1n) is 7.31. The zero-order valence-electron chi connectivity index (χ0n) is 11.2. The molecule has 1 fully saturated rings. The van der Waals surface area contributed by atoms with Gasteiger partial charge in [-0.2, -0.15) is 0 Å². The van der Waals surface area contributed by atoms with E-state index in [1.165, 1.54) is 22.9 Å². The molecular formula is C16H20N2O. The smallest absolute Gasteiger partial charge is 0.0512 e. The Morgan fingerprint density at radius 3 is 3.16 bits per heavy atom. The highest BCUT2D eigenvalue weighted by molar-refractivity contribution is 5.85. The number of para-hydroxylation sites is 1. The largest absolute Gasteiger partial charge is 0.381 e. The Morgan fingerprint density at radius 1 is 1.32 bits per heavy atom. The first-order valence-corrected chi connectivity index (χ1v) is 7.31. The van der Waals surface area contributed by atoms with Crippen molar-refractivity contribution in [1.29, 1.82) is 0 Å². The van der Waals surface area contributed by atoms with E-state index in [9.17, 15) is 0 Å². The summed E-state index contributed by atoms with van der Waals surface area (Å²) in [6.45, 7) is 5.11. The van der Waals surface area contributed by atoms with E-state index in [2.05, 4.69) is 34.1 Å². The molecule has 0 radical (unpaired) electrons. The van der Waals surface area contributed by atoms with Gasteiger partial charge in [-0.25, -0.2) is 0 Å². The molecule has 3 heteroatoms. The van der Waals surface area contributed by atoms with Crippen molar-refractivity contribution >= 4 is 10.9 Å². The minimum absolute atomic E-state index is 0.690.